The Bertz CT molecular complexity index is 597. The van der Waals surface area contributed by atoms with E-state index in [2.05, 4.69) is 15.3 Å². The summed E-state index contributed by atoms with van der Waals surface area (Å²) in [7, 11) is 0. The molecule has 0 bridgehead atoms. The molecule has 1 heterocycles. The van der Waals surface area contributed by atoms with Crippen molar-refractivity contribution < 1.29 is 0 Å². The highest BCUT2D eigenvalue weighted by Crippen LogP contribution is 2.25. The standard InChI is InChI=1S/C12H14N6/c1-8-11(9(2)18(17-8)12(13)14)16-15-10-6-4-3-5-7-10/h3-7H,1-2H3,(H3,13,14). The second-order valence-electron chi connectivity index (χ2n) is 3.85. The van der Waals surface area contributed by atoms with Crippen LogP contribution in [0.4, 0.5) is 11.4 Å². The third-order valence-corrected chi connectivity index (χ3v) is 2.50. The van der Waals surface area contributed by atoms with Gasteiger partial charge in [-0.25, -0.2) is 4.68 Å². The lowest BCUT2D eigenvalue weighted by Crippen LogP contribution is -2.22. The van der Waals surface area contributed by atoms with Gasteiger partial charge in [-0.1, -0.05) is 18.2 Å². The highest BCUT2D eigenvalue weighted by molar-refractivity contribution is 5.78. The summed E-state index contributed by atoms with van der Waals surface area (Å²) < 4.78 is 1.34. The molecule has 0 spiro atoms. The van der Waals surface area contributed by atoms with E-state index >= 15 is 0 Å². The van der Waals surface area contributed by atoms with Gasteiger partial charge < -0.3 is 5.73 Å². The quantitative estimate of drug-likeness (QED) is 0.481. The monoisotopic (exact) mass is 242 g/mol. The maximum atomic E-state index is 7.39. The highest BCUT2D eigenvalue weighted by Gasteiger charge is 2.12. The van der Waals surface area contributed by atoms with Gasteiger partial charge in [0, 0.05) is 0 Å². The summed E-state index contributed by atoms with van der Waals surface area (Å²) in [6, 6.07) is 9.44. The minimum absolute atomic E-state index is 0.128. The zero-order valence-electron chi connectivity index (χ0n) is 10.3. The number of azo groups is 1. The third kappa shape index (κ3) is 2.27. The van der Waals surface area contributed by atoms with Crippen molar-refractivity contribution in [3.8, 4) is 0 Å². The Morgan fingerprint density at radius 3 is 2.44 bits per heavy atom. The fourth-order valence-corrected chi connectivity index (χ4v) is 1.62. The maximum absolute atomic E-state index is 7.39. The second kappa shape index (κ2) is 4.79. The SMILES string of the molecule is Cc1nn(C(=N)N)c(C)c1N=Nc1ccccc1. The molecule has 0 aliphatic carbocycles. The summed E-state index contributed by atoms with van der Waals surface area (Å²) in [5, 5.41) is 19.8. The van der Waals surface area contributed by atoms with E-state index in [0.29, 0.717) is 17.1 Å². The van der Waals surface area contributed by atoms with Crippen LogP contribution in [0.5, 0.6) is 0 Å². The van der Waals surface area contributed by atoms with Crippen LogP contribution in [0.25, 0.3) is 0 Å². The van der Waals surface area contributed by atoms with E-state index in [1.807, 2.05) is 37.3 Å². The molecule has 3 N–H and O–H groups in total. The first-order chi connectivity index (χ1) is 8.59. The van der Waals surface area contributed by atoms with Crippen LogP contribution in [0.1, 0.15) is 11.4 Å². The summed E-state index contributed by atoms with van der Waals surface area (Å²) in [5.74, 6) is -0.128. The Hall–Kier alpha value is -2.50. The number of nitrogens with zero attached hydrogens (tertiary/aromatic N) is 4. The van der Waals surface area contributed by atoms with Crippen LogP contribution >= 0.6 is 0 Å². The topological polar surface area (TPSA) is 92.4 Å². The van der Waals surface area contributed by atoms with Gasteiger partial charge >= 0.3 is 0 Å². The van der Waals surface area contributed by atoms with Crippen LogP contribution in [0, 0.1) is 19.3 Å². The van der Waals surface area contributed by atoms with E-state index in [4.69, 9.17) is 11.1 Å². The minimum atomic E-state index is -0.128. The van der Waals surface area contributed by atoms with Crippen molar-refractivity contribution >= 4 is 17.3 Å². The molecule has 2 aromatic rings. The van der Waals surface area contributed by atoms with Crippen LogP contribution < -0.4 is 5.73 Å². The zero-order valence-corrected chi connectivity index (χ0v) is 10.3. The molecule has 6 heteroatoms. The molecular weight excluding hydrogens is 228 g/mol. The van der Waals surface area contributed by atoms with E-state index < -0.39 is 0 Å². The van der Waals surface area contributed by atoms with Crippen molar-refractivity contribution in [2.45, 2.75) is 13.8 Å². The van der Waals surface area contributed by atoms with Gasteiger partial charge in [-0.05, 0) is 26.0 Å². The smallest absolute Gasteiger partial charge is 0.213 e. The average Bonchev–Trinajstić information content (AvgIpc) is 2.64. The van der Waals surface area contributed by atoms with Crippen molar-refractivity contribution in [3.05, 3.63) is 41.7 Å². The molecule has 0 saturated carbocycles. The number of aromatic nitrogens is 2. The van der Waals surface area contributed by atoms with Gasteiger partial charge in [0.2, 0.25) is 5.96 Å². The Kier molecular flexibility index (Phi) is 3.18. The largest absolute Gasteiger partial charge is 0.368 e. The predicted molar refractivity (Wildman–Crippen MR) is 69.6 cm³/mol. The number of hydrogen-bond donors (Lipinski definition) is 2. The average molecular weight is 242 g/mol. The summed E-state index contributed by atoms with van der Waals surface area (Å²) in [6.45, 7) is 3.62. The number of nitrogen functional groups attached to an aromatic ring is 1. The normalized spacial score (nSPS) is 11.0. The summed E-state index contributed by atoms with van der Waals surface area (Å²) in [6.07, 6.45) is 0. The number of nitrogens with two attached hydrogens (primary N) is 1. The van der Waals surface area contributed by atoms with Crippen molar-refractivity contribution in [3.63, 3.8) is 0 Å². The van der Waals surface area contributed by atoms with Crippen molar-refractivity contribution in [2.24, 2.45) is 16.0 Å². The molecule has 0 atom stereocenters. The van der Waals surface area contributed by atoms with E-state index in [-0.39, 0.29) is 5.96 Å². The second-order valence-corrected chi connectivity index (χ2v) is 3.85. The molecule has 0 radical (unpaired) electrons. The number of nitrogens with one attached hydrogen (secondary N) is 1. The van der Waals surface area contributed by atoms with Crippen LogP contribution in [-0.4, -0.2) is 15.7 Å². The molecule has 92 valence electrons. The minimum Gasteiger partial charge on any atom is -0.368 e. The predicted octanol–water partition coefficient (Wildman–Crippen LogP) is 2.66. The van der Waals surface area contributed by atoms with Crippen LogP contribution in [0.3, 0.4) is 0 Å². The first-order valence-electron chi connectivity index (χ1n) is 5.47. The van der Waals surface area contributed by atoms with Gasteiger partial charge in [0.25, 0.3) is 0 Å². The molecule has 1 aromatic heterocycles. The van der Waals surface area contributed by atoms with E-state index in [1.54, 1.807) is 6.92 Å². The first-order valence-corrected chi connectivity index (χ1v) is 5.47. The molecule has 0 saturated heterocycles. The number of rotatable bonds is 2. The van der Waals surface area contributed by atoms with E-state index in [1.165, 1.54) is 4.68 Å². The molecule has 0 fully saturated rings. The Balaban J connectivity index is 2.35. The Labute approximate surface area is 105 Å². The van der Waals surface area contributed by atoms with Gasteiger partial charge in [0.1, 0.15) is 5.69 Å². The Morgan fingerprint density at radius 1 is 1.22 bits per heavy atom. The molecule has 0 aliphatic heterocycles. The molecule has 18 heavy (non-hydrogen) atoms. The maximum Gasteiger partial charge on any atom is 0.213 e. The van der Waals surface area contributed by atoms with Gasteiger partial charge in [-0.3, -0.25) is 5.41 Å². The molecule has 0 amide bonds. The van der Waals surface area contributed by atoms with Gasteiger partial charge in [-0.15, -0.1) is 5.11 Å². The summed E-state index contributed by atoms with van der Waals surface area (Å²) in [5.41, 5.74) is 8.24. The van der Waals surface area contributed by atoms with Gasteiger partial charge in [0.15, 0.2) is 0 Å². The lowest BCUT2D eigenvalue weighted by atomic mass is 10.3. The van der Waals surface area contributed by atoms with Gasteiger partial charge in [-0.2, -0.15) is 10.2 Å². The molecule has 2 rings (SSSR count). The molecule has 6 nitrogen and oxygen atoms in total. The van der Waals surface area contributed by atoms with Crippen LogP contribution in [0.15, 0.2) is 40.6 Å². The third-order valence-electron chi connectivity index (χ3n) is 2.50. The van der Waals surface area contributed by atoms with Crippen molar-refractivity contribution in [2.75, 3.05) is 0 Å². The number of benzene rings is 1. The molecule has 0 aliphatic rings. The van der Waals surface area contributed by atoms with Crippen LogP contribution in [-0.2, 0) is 0 Å². The van der Waals surface area contributed by atoms with E-state index in [0.717, 1.165) is 5.69 Å². The zero-order chi connectivity index (χ0) is 13.1. The Morgan fingerprint density at radius 2 is 1.89 bits per heavy atom. The van der Waals surface area contributed by atoms with E-state index in [9.17, 15) is 0 Å². The lowest BCUT2D eigenvalue weighted by molar-refractivity contribution is 0.863. The molecule has 1 aromatic carbocycles. The lowest BCUT2D eigenvalue weighted by Gasteiger charge is -1.98. The fraction of sp³-hybridized carbons (Fsp3) is 0.167. The molecular formula is C12H14N6. The van der Waals surface area contributed by atoms with Crippen molar-refractivity contribution in [1.29, 1.82) is 5.41 Å². The van der Waals surface area contributed by atoms with Crippen LogP contribution in [0.2, 0.25) is 0 Å². The number of aryl methyl sites for hydroxylation is 1. The summed E-state index contributed by atoms with van der Waals surface area (Å²) >= 11 is 0. The molecule has 0 unspecified atom stereocenters. The fourth-order valence-electron chi connectivity index (χ4n) is 1.62. The number of hydrogen-bond acceptors (Lipinski definition) is 4. The van der Waals surface area contributed by atoms with Gasteiger partial charge in [0.05, 0.1) is 17.1 Å². The summed E-state index contributed by atoms with van der Waals surface area (Å²) in [4.78, 5) is 0. The highest BCUT2D eigenvalue weighted by atomic mass is 15.4. The van der Waals surface area contributed by atoms with Crippen molar-refractivity contribution in [1.82, 2.24) is 9.78 Å². The first kappa shape index (κ1) is 12.0.